The number of ketones is 1. The van der Waals surface area contributed by atoms with Gasteiger partial charge >= 0.3 is 0 Å². The number of nitrogens with two attached hydrogens (primary N) is 2. The summed E-state index contributed by atoms with van der Waals surface area (Å²) in [7, 11) is 0. The number of nitrogens with one attached hydrogen (secondary N) is 1. The van der Waals surface area contributed by atoms with Gasteiger partial charge in [-0.3, -0.25) is 4.79 Å². The first-order chi connectivity index (χ1) is 8.42. The topological polar surface area (TPSA) is 90.4 Å². The van der Waals surface area contributed by atoms with Crippen molar-refractivity contribution in [2.75, 3.05) is 24.6 Å². The SMILES string of the molecule is CC1CNCC(C)(C(=O)c2ccc(N)c(N)c2)O1. The van der Waals surface area contributed by atoms with E-state index in [-0.39, 0.29) is 11.9 Å². The number of ether oxygens (including phenoxy) is 1. The summed E-state index contributed by atoms with van der Waals surface area (Å²) in [6.07, 6.45) is 0.0128. The first-order valence-corrected chi connectivity index (χ1v) is 6.01. The molecule has 0 bridgehead atoms. The molecule has 1 aromatic rings. The summed E-state index contributed by atoms with van der Waals surface area (Å²) in [6, 6.07) is 4.93. The molecule has 2 atom stereocenters. The summed E-state index contributed by atoms with van der Waals surface area (Å²) in [4.78, 5) is 12.5. The normalized spacial score (nSPS) is 28.0. The van der Waals surface area contributed by atoms with E-state index in [1.54, 1.807) is 25.1 Å². The molecule has 5 N–H and O–H groups in total. The van der Waals surface area contributed by atoms with Crippen molar-refractivity contribution in [2.24, 2.45) is 0 Å². The number of rotatable bonds is 2. The zero-order valence-electron chi connectivity index (χ0n) is 10.7. The van der Waals surface area contributed by atoms with Crippen LogP contribution in [-0.4, -0.2) is 30.6 Å². The first kappa shape index (κ1) is 12.9. The van der Waals surface area contributed by atoms with Crippen LogP contribution in [0.2, 0.25) is 0 Å². The van der Waals surface area contributed by atoms with Crippen molar-refractivity contribution < 1.29 is 9.53 Å². The van der Waals surface area contributed by atoms with Gasteiger partial charge in [0.05, 0.1) is 17.5 Å². The van der Waals surface area contributed by atoms with Crippen LogP contribution in [0.25, 0.3) is 0 Å². The highest BCUT2D eigenvalue weighted by atomic mass is 16.5. The second-order valence-corrected chi connectivity index (χ2v) is 4.96. The number of carbonyl (C=O) groups is 1. The van der Waals surface area contributed by atoms with Gasteiger partial charge in [0.15, 0.2) is 5.78 Å². The maximum Gasteiger partial charge on any atom is 0.195 e. The Kier molecular flexibility index (Phi) is 3.28. The van der Waals surface area contributed by atoms with Crippen LogP contribution in [0.15, 0.2) is 18.2 Å². The van der Waals surface area contributed by atoms with Gasteiger partial charge in [-0.2, -0.15) is 0 Å². The fourth-order valence-electron chi connectivity index (χ4n) is 2.20. The van der Waals surface area contributed by atoms with E-state index in [9.17, 15) is 4.79 Å². The molecule has 0 radical (unpaired) electrons. The zero-order chi connectivity index (χ0) is 13.3. The maximum absolute atomic E-state index is 12.5. The molecule has 0 spiro atoms. The van der Waals surface area contributed by atoms with Crippen molar-refractivity contribution in [1.82, 2.24) is 5.32 Å². The van der Waals surface area contributed by atoms with Crippen molar-refractivity contribution in [3.8, 4) is 0 Å². The Morgan fingerprint density at radius 3 is 2.78 bits per heavy atom. The number of hydrogen-bond acceptors (Lipinski definition) is 5. The molecule has 2 unspecified atom stereocenters. The molecule has 1 fully saturated rings. The molecular weight excluding hydrogens is 230 g/mol. The fourth-order valence-corrected chi connectivity index (χ4v) is 2.20. The van der Waals surface area contributed by atoms with E-state index in [4.69, 9.17) is 16.2 Å². The zero-order valence-corrected chi connectivity index (χ0v) is 10.7. The van der Waals surface area contributed by atoms with Crippen LogP contribution in [0, 0.1) is 0 Å². The molecule has 1 heterocycles. The highest BCUT2D eigenvalue weighted by Gasteiger charge is 2.38. The molecule has 5 heteroatoms. The Balaban J connectivity index is 2.27. The Morgan fingerprint density at radius 2 is 2.17 bits per heavy atom. The van der Waals surface area contributed by atoms with Gasteiger partial charge in [-0.05, 0) is 32.0 Å². The fraction of sp³-hybridized carbons (Fsp3) is 0.462. The van der Waals surface area contributed by atoms with E-state index in [0.717, 1.165) is 6.54 Å². The molecule has 0 amide bonds. The van der Waals surface area contributed by atoms with Crippen LogP contribution in [-0.2, 0) is 4.74 Å². The van der Waals surface area contributed by atoms with Gasteiger partial charge in [0, 0.05) is 18.7 Å². The molecule has 0 saturated carbocycles. The van der Waals surface area contributed by atoms with Gasteiger partial charge in [-0.1, -0.05) is 0 Å². The number of nitrogen functional groups attached to an aromatic ring is 2. The minimum absolute atomic E-state index is 0.0128. The summed E-state index contributed by atoms with van der Waals surface area (Å²) in [5.41, 5.74) is 11.9. The number of morpholine rings is 1. The highest BCUT2D eigenvalue weighted by molar-refractivity contribution is 6.03. The van der Waals surface area contributed by atoms with E-state index < -0.39 is 5.60 Å². The van der Waals surface area contributed by atoms with Gasteiger partial charge in [0.25, 0.3) is 0 Å². The Hall–Kier alpha value is -1.59. The highest BCUT2D eigenvalue weighted by Crippen LogP contribution is 2.24. The third-order valence-corrected chi connectivity index (χ3v) is 3.18. The lowest BCUT2D eigenvalue weighted by atomic mass is 9.92. The van der Waals surface area contributed by atoms with Crippen LogP contribution in [0.1, 0.15) is 24.2 Å². The summed E-state index contributed by atoms with van der Waals surface area (Å²) in [6.45, 7) is 4.99. The average Bonchev–Trinajstić information content (AvgIpc) is 2.31. The van der Waals surface area contributed by atoms with E-state index in [1.165, 1.54) is 0 Å². The van der Waals surface area contributed by atoms with Gasteiger partial charge in [0.1, 0.15) is 5.60 Å². The van der Waals surface area contributed by atoms with E-state index in [1.807, 2.05) is 6.92 Å². The molecule has 0 aliphatic carbocycles. The van der Waals surface area contributed by atoms with Crippen LogP contribution in [0.5, 0.6) is 0 Å². The molecule has 1 aliphatic heterocycles. The average molecular weight is 249 g/mol. The predicted octanol–water partition coefficient (Wildman–Crippen LogP) is 0.801. The van der Waals surface area contributed by atoms with Gasteiger partial charge in [-0.25, -0.2) is 0 Å². The molecule has 1 saturated heterocycles. The van der Waals surface area contributed by atoms with Crippen LogP contribution in [0.3, 0.4) is 0 Å². The molecule has 2 rings (SSSR count). The molecule has 1 aromatic carbocycles. The molecule has 98 valence electrons. The molecular formula is C13H19N3O2. The van der Waals surface area contributed by atoms with Crippen LogP contribution >= 0.6 is 0 Å². The number of carbonyl (C=O) groups excluding carboxylic acids is 1. The minimum atomic E-state index is -0.847. The second kappa shape index (κ2) is 4.59. The number of benzene rings is 1. The smallest absolute Gasteiger partial charge is 0.195 e. The van der Waals surface area contributed by atoms with Crippen molar-refractivity contribution >= 4 is 17.2 Å². The van der Waals surface area contributed by atoms with Crippen molar-refractivity contribution in [3.63, 3.8) is 0 Å². The summed E-state index contributed by atoms with van der Waals surface area (Å²) in [5.74, 6) is -0.0757. The van der Waals surface area contributed by atoms with E-state index in [2.05, 4.69) is 5.32 Å². The third kappa shape index (κ3) is 2.32. The standard InChI is InChI=1S/C13H19N3O2/c1-8-6-16-7-13(2,18-8)12(17)9-3-4-10(14)11(15)5-9/h3-5,8,16H,6-7,14-15H2,1-2H3. The maximum atomic E-state index is 12.5. The molecule has 0 aromatic heterocycles. The number of Topliss-reactive ketones (excluding diaryl/α,β-unsaturated/α-hetero) is 1. The molecule has 1 aliphatic rings. The van der Waals surface area contributed by atoms with Crippen LogP contribution in [0.4, 0.5) is 11.4 Å². The second-order valence-electron chi connectivity index (χ2n) is 4.96. The number of hydrogen-bond donors (Lipinski definition) is 3. The molecule has 18 heavy (non-hydrogen) atoms. The predicted molar refractivity (Wildman–Crippen MR) is 71.4 cm³/mol. The minimum Gasteiger partial charge on any atom is -0.397 e. The van der Waals surface area contributed by atoms with E-state index >= 15 is 0 Å². The lowest BCUT2D eigenvalue weighted by Crippen LogP contribution is -2.55. The Morgan fingerprint density at radius 1 is 1.44 bits per heavy atom. The van der Waals surface area contributed by atoms with Gasteiger partial charge in [-0.15, -0.1) is 0 Å². The van der Waals surface area contributed by atoms with Crippen LogP contribution < -0.4 is 16.8 Å². The molecule has 5 nitrogen and oxygen atoms in total. The third-order valence-electron chi connectivity index (χ3n) is 3.18. The first-order valence-electron chi connectivity index (χ1n) is 6.01. The lowest BCUT2D eigenvalue weighted by molar-refractivity contribution is -0.0735. The quantitative estimate of drug-likeness (QED) is 0.533. The number of anilines is 2. The van der Waals surface area contributed by atoms with Crippen molar-refractivity contribution in [1.29, 1.82) is 0 Å². The monoisotopic (exact) mass is 249 g/mol. The summed E-state index contributed by atoms with van der Waals surface area (Å²) < 4.78 is 5.78. The summed E-state index contributed by atoms with van der Waals surface area (Å²) >= 11 is 0. The van der Waals surface area contributed by atoms with Crippen molar-refractivity contribution in [3.05, 3.63) is 23.8 Å². The van der Waals surface area contributed by atoms with Crippen molar-refractivity contribution in [2.45, 2.75) is 25.6 Å². The largest absolute Gasteiger partial charge is 0.397 e. The summed E-state index contributed by atoms with van der Waals surface area (Å²) in [5, 5.41) is 3.20. The van der Waals surface area contributed by atoms with Gasteiger partial charge < -0.3 is 21.5 Å². The Bertz CT molecular complexity index is 475. The Labute approximate surface area is 106 Å². The van der Waals surface area contributed by atoms with E-state index in [0.29, 0.717) is 23.5 Å². The van der Waals surface area contributed by atoms with Gasteiger partial charge in [0.2, 0.25) is 0 Å². The lowest BCUT2D eigenvalue weighted by Gasteiger charge is -2.36.